The monoisotopic (exact) mass is 243 g/mol. The Morgan fingerprint density at radius 1 is 1.24 bits per heavy atom. The summed E-state index contributed by atoms with van der Waals surface area (Å²) in [6.07, 6.45) is 2.99. The van der Waals surface area contributed by atoms with Crippen LogP contribution in [-0.4, -0.2) is 57.2 Å². The first-order valence-corrected chi connectivity index (χ1v) is 6.53. The van der Waals surface area contributed by atoms with Crippen LogP contribution in [0.1, 0.15) is 26.2 Å². The van der Waals surface area contributed by atoms with Gasteiger partial charge in [-0.1, -0.05) is 0 Å². The number of hydrogen-bond donors (Lipinski definition) is 0. The Bertz CT molecular complexity index is 213. The molecule has 1 aliphatic rings. The van der Waals surface area contributed by atoms with Gasteiger partial charge in [-0.25, -0.2) is 0 Å². The van der Waals surface area contributed by atoms with Crippen molar-refractivity contribution < 1.29 is 14.3 Å². The molecule has 1 saturated heterocycles. The van der Waals surface area contributed by atoms with Crippen molar-refractivity contribution in [2.24, 2.45) is 5.92 Å². The molecule has 0 radical (unpaired) electrons. The summed E-state index contributed by atoms with van der Waals surface area (Å²) >= 11 is 0. The first-order chi connectivity index (χ1) is 8.24. The van der Waals surface area contributed by atoms with Crippen molar-refractivity contribution in [3.63, 3.8) is 0 Å². The molecule has 0 unspecified atom stereocenters. The second-order valence-electron chi connectivity index (χ2n) is 4.69. The summed E-state index contributed by atoms with van der Waals surface area (Å²) in [4.78, 5) is 13.6. The molecule has 0 aromatic rings. The average Bonchev–Trinajstić information content (AvgIpc) is 2.34. The number of ketones is 1. The van der Waals surface area contributed by atoms with Gasteiger partial charge < -0.3 is 14.4 Å². The van der Waals surface area contributed by atoms with E-state index in [9.17, 15) is 4.79 Å². The zero-order chi connectivity index (χ0) is 12.5. The lowest BCUT2D eigenvalue weighted by atomic mass is 9.93. The summed E-state index contributed by atoms with van der Waals surface area (Å²) in [5.74, 6) is 0.648. The first-order valence-electron chi connectivity index (χ1n) is 6.53. The van der Waals surface area contributed by atoms with Gasteiger partial charge in [-0.3, -0.25) is 4.79 Å². The molecule has 0 atom stereocenters. The molecule has 100 valence electrons. The van der Waals surface area contributed by atoms with Crippen LogP contribution in [0, 0.1) is 5.92 Å². The number of nitrogens with zero attached hydrogens (tertiary/aromatic N) is 1. The fraction of sp³-hybridized carbons (Fsp3) is 0.923. The third kappa shape index (κ3) is 6.15. The zero-order valence-electron chi connectivity index (χ0n) is 11.1. The lowest BCUT2D eigenvalue weighted by Crippen LogP contribution is -2.37. The number of piperidine rings is 1. The van der Waals surface area contributed by atoms with Crippen LogP contribution < -0.4 is 0 Å². The number of rotatable bonds is 8. The summed E-state index contributed by atoms with van der Waals surface area (Å²) in [5.41, 5.74) is 0. The highest BCUT2D eigenvalue weighted by atomic mass is 16.5. The lowest BCUT2D eigenvalue weighted by molar-refractivity contribution is -0.122. The molecule has 1 aliphatic heterocycles. The Balaban J connectivity index is 1.97. The Morgan fingerprint density at radius 3 is 2.53 bits per heavy atom. The Hall–Kier alpha value is -0.450. The van der Waals surface area contributed by atoms with Gasteiger partial charge in [0.1, 0.15) is 5.78 Å². The Morgan fingerprint density at radius 2 is 1.94 bits per heavy atom. The predicted octanol–water partition coefficient (Wildman–Crippen LogP) is 1.34. The molecule has 0 saturated carbocycles. The van der Waals surface area contributed by atoms with Gasteiger partial charge in [0.2, 0.25) is 0 Å². The number of carbonyl (C=O) groups is 1. The molecule has 1 rings (SSSR count). The van der Waals surface area contributed by atoms with E-state index in [1.165, 1.54) is 0 Å². The number of methoxy groups -OCH3 is 1. The predicted molar refractivity (Wildman–Crippen MR) is 67.2 cm³/mol. The van der Waals surface area contributed by atoms with Crippen molar-refractivity contribution in [1.29, 1.82) is 0 Å². The molecule has 0 N–H and O–H groups in total. The van der Waals surface area contributed by atoms with Crippen molar-refractivity contribution >= 4 is 5.78 Å². The normalized spacial score (nSPS) is 18.5. The standard InChI is InChI=1S/C13H25NO3/c1-12(15)13-4-6-14(7-5-13)8-11-17-10-3-9-16-2/h13H,3-11H2,1-2H3. The van der Waals surface area contributed by atoms with Gasteiger partial charge in [0.15, 0.2) is 0 Å². The Labute approximate surface area is 104 Å². The molecule has 1 heterocycles. The van der Waals surface area contributed by atoms with Crippen LogP contribution in [0.3, 0.4) is 0 Å². The molecule has 0 aromatic carbocycles. The highest BCUT2D eigenvalue weighted by Crippen LogP contribution is 2.17. The van der Waals surface area contributed by atoms with E-state index < -0.39 is 0 Å². The molecule has 4 nitrogen and oxygen atoms in total. The number of ether oxygens (including phenoxy) is 2. The van der Waals surface area contributed by atoms with Gasteiger partial charge in [-0.05, 0) is 39.3 Å². The minimum atomic E-state index is 0.300. The van der Waals surface area contributed by atoms with Gasteiger partial charge in [0.25, 0.3) is 0 Å². The van der Waals surface area contributed by atoms with Gasteiger partial charge in [-0.15, -0.1) is 0 Å². The summed E-state index contributed by atoms with van der Waals surface area (Å²) in [6.45, 7) is 7.09. The van der Waals surface area contributed by atoms with Crippen LogP contribution in [0.4, 0.5) is 0 Å². The molecular weight excluding hydrogens is 218 g/mol. The number of carbonyl (C=O) groups excluding carboxylic acids is 1. The van der Waals surface area contributed by atoms with E-state index in [0.717, 1.165) is 58.7 Å². The van der Waals surface area contributed by atoms with Crippen molar-refractivity contribution in [2.75, 3.05) is 46.6 Å². The number of likely N-dealkylation sites (tertiary alicyclic amines) is 1. The maximum absolute atomic E-state index is 11.2. The highest BCUT2D eigenvalue weighted by Gasteiger charge is 2.21. The van der Waals surface area contributed by atoms with E-state index in [2.05, 4.69) is 4.90 Å². The molecule has 0 bridgehead atoms. The van der Waals surface area contributed by atoms with E-state index >= 15 is 0 Å². The maximum Gasteiger partial charge on any atom is 0.133 e. The third-order valence-corrected chi connectivity index (χ3v) is 3.35. The van der Waals surface area contributed by atoms with Gasteiger partial charge in [0.05, 0.1) is 6.61 Å². The van der Waals surface area contributed by atoms with E-state index in [1.807, 2.05) is 0 Å². The maximum atomic E-state index is 11.2. The smallest absolute Gasteiger partial charge is 0.133 e. The number of hydrogen-bond acceptors (Lipinski definition) is 4. The van der Waals surface area contributed by atoms with Crippen molar-refractivity contribution in [2.45, 2.75) is 26.2 Å². The fourth-order valence-electron chi connectivity index (χ4n) is 2.16. The van der Waals surface area contributed by atoms with Crippen molar-refractivity contribution in [3.05, 3.63) is 0 Å². The second-order valence-corrected chi connectivity index (χ2v) is 4.69. The van der Waals surface area contributed by atoms with E-state index in [4.69, 9.17) is 9.47 Å². The van der Waals surface area contributed by atoms with Gasteiger partial charge in [-0.2, -0.15) is 0 Å². The van der Waals surface area contributed by atoms with E-state index in [-0.39, 0.29) is 0 Å². The largest absolute Gasteiger partial charge is 0.385 e. The molecule has 0 aliphatic carbocycles. The fourth-order valence-corrected chi connectivity index (χ4v) is 2.16. The zero-order valence-corrected chi connectivity index (χ0v) is 11.1. The summed E-state index contributed by atoms with van der Waals surface area (Å²) in [5, 5.41) is 0. The van der Waals surface area contributed by atoms with Crippen LogP contribution >= 0.6 is 0 Å². The molecule has 17 heavy (non-hydrogen) atoms. The topological polar surface area (TPSA) is 38.8 Å². The minimum absolute atomic E-state index is 0.300. The van der Waals surface area contributed by atoms with E-state index in [0.29, 0.717) is 11.7 Å². The van der Waals surface area contributed by atoms with Crippen molar-refractivity contribution in [3.8, 4) is 0 Å². The first kappa shape index (κ1) is 14.6. The SMILES string of the molecule is COCCCOCCN1CCC(C(C)=O)CC1. The summed E-state index contributed by atoms with van der Waals surface area (Å²) < 4.78 is 10.5. The van der Waals surface area contributed by atoms with Crippen molar-refractivity contribution in [1.82, 2.24) is 4.90 Å². The molecular formula is C13H25NO3. The van der Waals surface area contributed by atoms with Gasteiger partial charge >= 0.3 is 0 Å². The molecule has 1 fully saturated rings. The third-order valence-electron chi connectivity index (χ3n) is 3.35. The second kappa shape index (κ2) is 8.61. The molecule has 0 spiro atoms. The lowest BCUT2D eigenvalue weighted by Gasteiger charge is -2.30. The quantitative estimate of drug-likeness (QED) is 0.603. The van der Waals surface area contributed by atoms with Gasteiger partial charge in [0, 0.05) is 32.8 Å². The van der Waals surface area contributed by atoms with E-state index in [1.54, 1.807) is 14.0 Å². The molecule has 0 aromatic heterocycles. The highest BCUT2D eigenvalue weighted by molar-refractivity contribution is 5.78. The van der Waals surface area contributed by atoms with Crippen LogP contribution in [0.5, 0.6) is 0 Å². The van der Waals surface area contributed by atoms with Crippen LogP contribution in [-0.2, 0) is 14.3 Å². The average molecular weight is 243 g/mol. The van der Waals surface area contributed by atoms with Crippen LogP contribution in [0.25, 0.3) is 0 Å². The number of Topliss-reactive ketones (excluding diaryl/α,β-unsaturated/α-hetero) is 1. The minimum Gasteiger partial charge on any atom is -0.385 e. The Kier molecular flexibility index (Phi) is 7.40. The summed E-state index contributed by atoms with van der Waals surface area (Å²) in [6, 6.07) is 0. The molecule has 4 heteroatoms. The van der Waals surface area contributed by atoms with Crippen LogP contribution in [0.2, 0.25) is 0 Å². The molecule has 0 amide bonds. The van der Waals surface area contributed by atoms with Crippen LogP contribution in [0.15, 0.2) is 0 Å². The summed E-state index contributed by atoms with van der Waals surface area (Å²) in [7, 11) is 1.71.